The average molecular weight is 410 g/mol. The zero-order chi connectivity index (χ0) is 21.8. The maximum atomic E-state index is 12.0. The molecule has 0 aliphatic heterocycles. The van der Waals surface area contributed by atoms with Crippen molar-refractivity contribution in [3.8, 4) is 5.75 Å². The van der Waals surface area contributed by atoms with E-state index >= 15 is 0 Å². The van der Waals surface area contributed by atoms with Crippen LogP contribution in [0.15, 0.2) is 59.7 Å². The normalized spacial score (nSPS) is 11.5. The maximum absolute atomic E-state index is 12.0. The van der Waals surface area contributed by atoms with Gasteiger partial charge in [-0.05, 0) is 31.0 Å². The molecule has 8 heteroatoms. The van der Waals surface area contributed by atoms with Crippen LogP contribution in [-0.4, -0.2) is 36.6 Å². The highest BCUT2D eigenvalue weighted by atomic mass is 16.5. The molecule has 0 unspecified atom stereocenters. The van der Waals surface area contributed by atoms with Crippen molar-refractivity contribution in [2.45, 2.75) is 32.9 Å². The summed E-state index contributed by atoms with van der Waals surface area (Å²) in [6.07, 6.45) is 2.07. The molecule has 0 bridgehead atoms. The number of benzene rings is 2. The highest BCUT2D eigenvalue weighted by Crippen LogP contribution is 2.15. The predicted molar refractivity (Wildman–Crippen MR) is 114 cm³/mol. The van der Waals surface area contributed by atoms with Crippen LogP contribution in [-0.2, 0) is 20.9 Å². The molecule has 2 aromatic rings. The minimum Gasteiger partial charge on any atom is -0.483 e. The molecule has 3 N–H and O–H groups in total. The van der Waals surface area contributed by atoms with Crippen molar-refractivity contribution in [2.24, 2.45) is 5.10 Å². The number of nitrogens with zero attached hydrogens (tertiary/aromatic N) is 1. The Bertz CT molecular complexity index is 884. The summed E-state index contributed by atoms with van der Waals surface area (Å²) in [6.45, 7) is 3.95. The van der Waals surface area contributed by atoms with E-state index < -0.39 is 11.8 Å². The molecule has 0 aromatic heterocycles. The van der Waals surface area contributed by atoms with Crippen molar-refractivity contribution in [1.82, 2.24) is 16.1 Å². The summed E-state index contributed by atoms with van der Waals surface area (Å²) >= 11 is 0. The van der Waals surface area contributed by atoms with Crippen LogP contribution in [0, 0.1) is 0 Å². The number of ether oxygens (including phenoxy) is 1. The second-order valence-electron chi connectivity index (χ2n) is 6.57. The van der Waals surface area contributed by atoms with Gasteiger partial charge in [-0.15, -0.1) is 0 Å². The molecule has 0 heterocycles. The molecular weight excluding hydrogens is 384 g/mol. The number of amides is 3. The molecule has 0 saturated carbocycles. The molecule has 3 amide bonds. The van der Waals surface area contributed by atoms with E-state index in [1.165, 1.54) is 6.21 Å². The lowest BCUT2D eigenvalue weighted by Crippen LogP contribution is -2.41. The number of hydrazone groups is 1. The van der Waals surface area contributed by atoms with Crippen molar-refractivity contribution >= 4 is 23.9 Å². The first kappa shape index (κ1) is 22.6. The number of nitrogens with one attached hydrogen (secondary N) is 3. The number of para-hydroxylation sites is 1. The van der Waals surface area contributed by atoms with E-state index in [1.54, 1.807) is 31.2 Å². The van der Waals surface area contributed by atoms with Crippen molar-refractivity contribution in [2.75, 3.05) is 6.61 Å². The molecule has 0 aliphatic carbocycles. The van der Waals surface area contributed by atoms with Gasteiger partial charge in [0.1, 0.15) is 5.75 Å². The largest absolute Gasteiger partial charge is 0.483 e. The van der Waals surface area contributed by atoms with E-state index in [0.717, 1.165) is 5.56 Å². The first-order chi connectivity index (χ1) is 14.5. The highest BCUT2D eigenvalue weighted by molar-refractivity contribution is 6.35. The molecule has 0 radical (unpaired) electrons. The van der Waals surface area contributed by atoms with Crippen LogP contribution >= 0.6 is 0 Å². The second-order valence-corrected chi connectivity index (χ2v) is 6.57. The SMILES string of the molecule is CC[C@H](C)NC(=O)C(=O)N/N=C\c1ccccc1OCC(=O)NCc1ccccc1. The lowest BCUT2D eigenvalue weighted by Gasteiger charge is -2.10. The van der Waals surface area contributed by atoms with Crippen LogP contribution in [0.3, 0.4) is 0 Å². The number of rotatable bonds is 9. The summed E-state index contributed by atoms with van der Waals surface area (Å²) in [5.74, 6) is -1.44. The molecular formula is C22H26N4O4. The van der Waals surface area contributed by atoms with E-state index in [-0.39, 0.29) is 18.6 Å². The van der Waals surface area contributed by atoms with Crippen molar-refractivity contribution < 1.29 is 19.1 Å². The predicted octanol–water partition coefficient (Wildman–Crippen LogP) is 1.75. The first-order valence-corrected chi connectivity index (χ1v) is 9.66. The number of hydrogen-bond donors (Lipinski definition) is 3. The highest BCUT2D eigenvalue weighted by Gasteiger charge is 2.14. The Hall–Kier alpha value is -3.68. The standard InChI is InChI=1S/C22H26N4O4/c1-3-16(2)25-21(28)22(29)26-24-14-18-11-7-8-12-19(18)30-15-20(27)23-13-17-9-5-4-6-10-17/h4-12,14,16H,3,13,15H2,1-2H3,(H,23,27)(H,25,28)(H,26,29)/b24-14-/t16-/m0/s1. The summed E-state index contributed by atoms with van der Waals surface area (Å²) < 4.78 is 5.56. The fourth-order valence-electron chi connectivity index (χ4n) is 2.31. The third kappa shape index (κ3) is 7.75. The van der Waals surface area contributed by atoms with Gasteiger partial charge in [-0.25, -0.2) is 5.43 Å². The lowest BCUT2D eigenvalue weighted by atomic mass is 10.2. The second kappa shape index (κ2) is 12.0. The Labute approximate surface area is 175 Å². The fraction of sp³-hybridized carbons (Fsp3) is 0.273. The Balaban J connectivity index is 1.84. The number of carbonyl (C=O) groups is 3. The van der Waals surface area contributed by atoms with Crippen molar-refractivity contribution in [3.05, 3.63) is 65.7 Å². The molecule has 30 heavy (non-hydrogen) atoms. The van der Waals surface area contributed by atoms with Gasteiger partial charge in [0.05, 0.1) is 6.21 Å². The van der Waals surface area contributed by atoms with Gasteiger partial charge in [0.25, 0.3) is 5.91 Å². The van der Waals surface area contributed by atoms with E-state index in [2.05, 4.69) is 21.2 Å². The summed E-state index contributed by atoms with van der Waals surface area (Å²) in [6, 6.07) is 16.4. The third-order valence-electron chi connectivity index (χ3n) is 4.18. The van der Waals surface area contributed by atoms with Gasteiger partial charge < -0.3 is 15.4 Å². The maximum Gasteiger partial charge on any atom is 0.329 e. The van der Waals surface area contributed by atoms with Gasteiger partial charge in [0.15, 0.2) is 6.61 Å². The van der Waals surface area contributed by atoms with E-state index in [0.29, 0.717) is 24.3 Å². The summed E-state index contributed by atoms with van der Waals surface area (Å²) in [5.41, 5.74) is 3.72. The van der Waals surface area contributed by atoms with Gasteiger partial charge in [-0.2, -0.15) is 5.10 Å². The van der Waals surface area contributed by atoms with Crippen LogP contribution < -0.4 is 20.8 Å². The number of carbonyl (C=O) groups excluding carboxylic acids is 3. The van der Waals surface area contributed by atoms with E-state index in [1.807, 2.05) is 37.3 Å². The summed E-state index contributed by atoms with van der Waals surface area (Å²) in [7, 11) is 0. The average Bonchev–Trinajstić information content (AvgIpc) is 2.77. The molecule has 1 atom stereocenters. The van der Waals surface area contributed by atoms with Gasteiger partial charge in [-0.3, -0.25) is 14.4 Å². The molecule has 8 nitrogen and oxygen atoms in total. The van der Waals surface area contributed by atoms with E-state index in [4.69, 9.17) is 4.74 Å². The Morgan fingerprint density at radius 2 is 1.73 bits per heavy atom. The van der Waals surface area contributed by atoms with Gasteiger partial charge in [-0.1, -0.05) is 49.4 Å². The first-order valence-electron chi connectivity index (χ1n) is 9.66. The van der Waals surface area contributed by atoms with Gasteiger partial charge in [0.2, 0.25) is 0 Å². The van der Waals surface area contributed by atoms with Gasteiger partial charge in [0, 0.05) is 18.2 Å². The third-order valence-corrected chi connectivity index (χ3v) is 4.18. The lowest BCUT2D eigenvalue weighted by molar-refractivity contribution is -0.139. The Morgan fingerprint density at radius 3 is 2.47 bits per heavy atom. The van der Waals surface area contributed by atoms with Gasteiger partial charge >= 0.3 is 11.8 Å². The topological polar surface area (TPSA) is 109 Å². The van der Waals surface area contributed by atoms with Crippen molar-refractivity contribution in [3.63, 3.8) is 0 Å². The van der Waals surface area contributed by atoms with Crippen LogP contribution in [0.5, 0.6) is 5.75 Å². The minimum atomic E-state index is -0.856. The van der Waals surface area contributed by atoms with Crippen LogP contribution in [0.2, 0.25) is 0 Å². The molecule has 2 rings (SSSR count). The van der Waals surface area contributed by atoms with Crippen LogP contribution in [0.1, 0.15) is 31.4 Å². The minimum absolute atomic E-state index is 0.102. The quantitative estimate of drug-likeness (QED) is 0.332. The van der Waals surface area contributed by atoms with E-state index in [9.17, 15) is 14.4 Å². The Kier molecular flexibility index (Phi) is 9.05. The summed E-state index contributed by atoms with van der Waals surface area (Å²) in [4.78, 5) is 35.5. The molecule has 2 aromatic carbocycles. The smallest absolute Gasteiger partial charge is 0.329 e. The molecule has 0 saturated heterocycles. The molecule has 158 valence electrons. The van der Waals surface area contributed by atoms with Crippen molar-refractivity contribution in [1.29, 1.82) is 0 Å². The monoisotopic (exact) mass is 410 g/mol. The fourth-order valence-corrected chi connectivity index (χ4v) is 2.31. The summed E-state index contributed by atoms with van der Waals surface area (Å²) in [5, 5.41) is 9.13. The zero-order valence-corrected chi connectivity index (χ0v) is 17.1. The molecule has 0 fully saturated rings. The van der Waals surface area contributed by atoms with Crippen LogP contribution in [0.4, 0.5) is 0 Å². The molecule has 0 spiro atoms. The molecule has 0 aliphatic rings. The zero-order valence-electron chi connectivity index (χ0n) is 17.1. The Morgan fingerprint density at radius 1 is 1.03 bits per heavy atom. The van der Waals surface area contributed by atoms with Crippen LogP contribution in [0.25, 0.3) is 0 Å². The number of hydrogen-bond acceptors (Lipinski definition) is 5.